The molecule has 2 N–H and O–H groups in total. The zero-order valence-electron chi connectivity index (χ0n) is 11.6. The molecule has 104 valence electrons. The van der Waals surface area contributed by atoms with Crippen LogP contribution in [-0.4, -0.2) is 25.8 Å². The van der Waals surface area contributed by atoms with Crippen LogP contribution in [0.3, 0.4) is 0 Å². The molecule has 1 aromatic rings. The molecule has 0 saturated carbocycles. The molecule has 0 radical (unpaired) electrons. The highest BCUT2D eigenvalue weighted by Crippen LogP contribution is 2.24. The second-order valence-electron chi connectivity index (χ2n) is 5.38. The van der Waals surface area contributed by atoms with Gasteiger partial charge in [-0.25, -0.2) is 4.79 Å². The number of anilines is 1. The fourth-order valence-electron chi connectivity index (χ4n) is 2.31. The molecule has 1 amide bonds. The van der Waals surface area contributed by atoms with E-state index in [0.717, 1.165) is 12.1 Å². The summed E-state index contributed by atoms with van der Waals surface area (Å²) < 4.78 is 5.22. The van der Waals surface area contributed by atoms with E-state index in [-0.39, 0.29) is 6.09 Å². The van der Waals surface area contributed by atoms with Gasteiger partial charge in [0, 0.05) is 18.2 Å². The molecule has 1 atom stereocenters. The van der Waals surface area contributed by atoms with Crippen molar-refractivity contribution in [3.05, 3.63) is 29.8 Å². The Balaban J connectivity index is 2.12. The van der Waals surface area contributed by atoms with Gasteiger partial charge in [-0.05, 0) is 36.6 Å². The summed E-state index contributed by atoms with van der Waals surface area (Å²) in [4.78, 5) is 13.5. The summed E-state index contributed by atoms with van der Waals surface area (Å²) in [6.45, 7) is 6.11. The van der Waals surface area contributed by atoms with Gasteiger partial charge in [0.1, 0.15) is 0 Å². The molecule has 0 aliphatic carbocycles. The van der Waals surface area contributed by atoms with Crippen molar-refractivity contribution < 1.29 is 9.53 Å². The van der Waals surface area contributed by atoms with E-state index < -0.39 is 0 Å². The molecule has 4 nitrogen and oxygen atoms in total. The number of nitrogens with zero attached hydrogens (tertiary/aromatic N) is 1. The normalized spacial score (nSPS) is 19.7. The van der Waals surface area contributed by atoms with Gasteiger partial charge < -0.3 is 10.5 Å². The van der Waals surface area contributed by atoms with E-state index in [1.54, 1.807) is 4.90 Å². The van der Waals surface area contributed by atoms with Crippen LogP contribution in [0.4, 0.5) is 10.5 Å². The van der Waals surface area contributed by atoms with Crippen molar-refractivity contribution in [3.8, 4) is 0 Å². The van der Waals surface area contributed by atoms with E-state index in [0.29, 0.717) is 31.5 Å². The zero-order valence-corrected chi connectivity index (χ0v) is 11.6. The SMILES string of the molecule is CC(C)c1ccc(N2CC(CCN)COC2=O)cc1. The van der Waals surface area contributed by atoms with Crippen LogP contribution in [-0.2, 0) is 4.74 Å². The highest BCUT2D eigenvalue weighted by atomic mass is 16.6. The third kappa shape index (κ3) is 3.26. The van der Waals surface area contributed by atoms with E-state index >= 15 is 0 Å². The first kappa shape index (κ1) is 13.9. The largest absolute Gasteiger partial charge is 0.449 e. The standard InChI is InChI=1S/C15H22N2O2/c1-11(2)13-3-5-14(6-4-13)17-9-12(7-8-16)10-19-15(17)18/h3-6,11-12H,7-10,16H2,1-2H3. The highest BCUT2D eigenvalue weighted by Gasteiger charge is 2.27. The maximum atomic E-state index is 11.8. The summed E-state index contributed by atoms with van der Waals surface area (Å²) in [6, 6.07) is 8.11. The maximum absolute atomic E-state index is 11.8. The van der Waals surface area contributed by atoms with Crippen molar-refractivity contribution in [2.45, 2.75) is 26.2 Å². The van der Waals surface area contributed by atoms with Gasteiger partial charge in [-0.3, -0.25) is 4.90 Å². The first-order chi connectivity index (χ1) is 9.11. The quantitative estimate of drug-likeness (QED) is 0.907. The Morgan fingerprint density at radius 2 is 2.05 bits per heavy atom. The van der Waals surface area contributed by atoms with Crippen LogP contribution in [0, 0.1) is 5.92 Å². The lowest BCUT2D eigenvalue weighted by Gasteiger charge is -2.32. The first-order valence-electron chi connectivity index (χ1n) is 6.86. The minimum absolute atomic E-state index is 0.259. The molecule has 19 heavy (non-hydrogen) atoms. The van der Waals surface area contributed by atoms with Gasteiger partial charge in [0.15, 0.2) is 0 Å². The average molecular weight is 262 g/mol. The van der Waals surface area contributed by atoms with Crippen LogP contribution in [0.1, 0.15) is 31.7 Å². The van der Waals surface area contributed by atoms with Crippen molar-refractivity contribution in [3.63, 3.8) is 0 Å². The Morgan fingerprint density at radius 3 is 2.63 bits per heavy atom. The van der Waals surface area contributed by atoms with Gasteiger partial charge >= 0.3 is 6.09 Å². The number of nitrogens with two attached hydrogens (primary N) is 1. The van der Waals surface area contributed by atoms with Gasteiger partial charge in [-0.15, -0.1) is 0 Å². The number of hydrogen-bond donors (Lipinski definition) is 1. The third-order valence-corrected chi connectivity index (χ3v) is 3.55. The number of cyclic esters (lactones) is 1. The lowest BCUT2D eigenvalue weighted by Crippen LogP contribution is -2.43. The molecule has 2 rings (SSSR count). The Labute approximate surface area is 114 Å². The van der Waals surface area contributed by atoms with Crippen molar-refractivity contribution >= 4 is 11.8 Å². The minimum atomic E-state index is -0.259. The van der Waals surface area contributed by atoms with Crippen molar-refractivity contribution in [2.75, 3.05) is 24.6 Å². The number of amides is 1. The van der Waals surface area contributed by atoms with Gasteiger partial charge in [-0.2, -0.15) is 0 Å². The number of benzene rings is 1. The summed E-state index contributed by atoms with van der Waals surface area (Å²) in [5.41, 5.74) is 7.74. The summed E-state index contributed by atoms with van der Waals surface area (Å²) in [6.07, 6.45) is 0.624. The van der Waals surface area contributed by atoms with Crippen LogP contribution in [0.15, 0.2) is 24.3 Å². The monoisotopic (exact) mass is 262 g/mol. The molecule has 4 heteroatoms. The third-order valence-electron chi connectivity index (χ3n) is 3.55. The Hall–Kier alpha value is -1.55. The lowest BCUT2D eigenvalue weighted by atomic mass is 10.0. The van der Waals surface area contributed by atoms with Gasteiger partial charge in [0.25, 0.3) is 0 Å². The highest BCUT2D eigenvalue weighted by molar-refractivity contribution is 5.88. The summed E-state index contributed by atoms with van der Waals surface area (Å²) in [7, 11) is 0. The van der Waals surface area contributed by atoms with Crippen LogP contribution < -0.4 is 10.6 Å². The Bertz CT molecular complexity index is 428. The molecule has 1 fully saturated rings. The fourth-order valence-corrected chi connectivity index (χ4v) is 2.31. The predicted molar refractivity (Wildman–Crippen MR) is 76.4 cm³/mol. The van der Waals surface area contributed by atoms with E-state index in [4.69, 9.17) is 10.5 Å². The molecular weight excluding hydrogens is 240 g/mol. The molecule has 1 heterocycles. The minimum Gasteiger partial charge on any atom is -0.449 e. The van der Waals surface area contributed by atoms with Crippen LogP contribution in [0.2, 0.25) is 0 Å². The van der Waals surface area contributed by atoms with Crippen LogP contribution >= 0.6 is 0 Å². The molecule has 1 aliphatic heterocycles. The van der Waals surface area contributed by atoms with E-state index in [2.05, 4.69) is 26.0 Å². The smallest absolute Gasteiger partial charge is 0.414 e. The molecular formula is C15H22N2O2. The number of carbonyl (C=O) groups excluding carboxylic acids is 1. The number of carbonyl (C=O) groups is 1. The van der Waals surface area contributed by atoms with E-state index in [9.17, 15) is 4.79 Å². The van der Waals surface area contributed by atoms with E-state index in [1.807, 2.05) is 12.1 Å². The van der Waals surface area contributed by atoms with Gasteiger partial charge in [0.05, 0.1) is 6.61 Å². The zero-order chi connectivity index (χ0) is 13.8. The van der Waals surface area contributed by atoms with Gasteiger partial charge in [-0.1, -0.05) is 26.0 Å². The molecule has 1 unspecified atom stereocenters. The second kappa shape index (κ2) is 6.06. The molecule has 1 saturated heterocycles. The number of ether oxygens (including phenoxy) is 1. The van der Waals surface area contributed by atoms with Gasteiger partial charge in [0.2, 0.25) is 0 Å². The van der Waals surface area contributed by atoms with Crippen molar-refractivity contribution in [1.29, 1.82) is 0 Å². The fraction of sp³-hybridized carbons (Fsp3) is 0.533. The Morgan fingerprint density at radius 1 is 1.37 bits per heavy atom. The molecule has 1 aliphatic rings. The topological polar surface area (TPSA) is 55.6 Å². The number of rotatable bonds is 4. The molecule has 1 aromatic carbocycles. The van der Waals surface area contributed by atoms with Crippen LogP contribution in [0.25, 0.3) is 0 Å². The number of hydrogen-bond acceptors (Lipinski definition) is 3. The predicted octanol–water partition coefficient (Wildman–Crippen LogP) is 2.73. The Kier molecular flexibility index (Phi) is 4.43. The summed E-state index contributed by atoms with van der Waals surface area (Å²) in [5.74, 6) is 0.819. The molecule has 0 spiro atoms. The average Bonchev–Trinajstić information content (AvgIpc) is 2.41. The summed E-state index contributed by atoms with van der Waals surface area (Å²) in [5, 5.41) is 0. The van der Waals surface area contributed by atoms with E-state index in [1.165, 1.54) is 5.56 Å². The molecule has 0 aromatic heterocycles. The second-order valence-corrected chi connectivity index (χ2v) is 5.38. The van der Waals surface area contributed by atoms with Crippen molar-refractivity contribution in [1.82, 2.24) is 0 Å². The summed E-state index contributed by atoms with van der Waals surface area (Å²) >= 11 is 0. The lowest BCUT2D eigenvalue weighted by molar-refractivity contribution is 0.113. The molecule has 0 bridgehead atoms. The first-order valence-corrected chi connectivity index (χ1v) is 6.86. The van der Waals surface area contributed by atoms with Crippen molar-refractivity contribution in [2.24, 2.45) is 11.7 Å². The maximum Gasteiger partial charge on any atom is 0.414 e. The van der Waals surface area contributed by atoms with Crippen LogP contribution in [0.5, 0.6) is 0 Å².